The number of rotatable bonds is 5. The Morgan fingerprint density at radius 2 is 2.00 bits per heavy atom. The summed E-state index contributed by atoms with van der Waals surface area (Å²) in [5.74, 6) is 0.202. The molecule has 0 radical (unpaired) electrons. The lowest BCUT2D eigenvalue weighted by Gasteiger charge is -2.27. The average Bonchev–Trinajstić information content (AvgIpc) is 3.11. The van der Waals surface area contributed by atoms with Crippen molar-refractivity contribution in [2.45, 2.75) is 39.3 Å². The lowest BCUT2D eigenvalue weighted by atomic mass is 10.0. The van der Waals surface area contributed by atoms with Crippen LogP contribution in [0.25, 0.3) is 0 Å². The summed E-state index contributed by atoms with van der Waals surface area (Å²) in [7, 11) is 0. The van der Waals surface area contributed by atoms with Crippen LogP contribution < -0.4 is 0 Å². The highest BCUT2D eigenvalue weighted by atomic mass is 16.5. The van der Waals surface area contributed by atoms with Crippen LogP contribution in [0, 0.1) is 13.8 Å². The molecule has 0 aliphatic carbocycles. The standard InChI is InChI=1S/C21H25NO3/c1-15-7-5-10-19(16(15)2)21(24)22(14-18-9-6-12-25-18)13-17-8-3-4-11-20(17)23/h3-5,7-8,10-11,18,23H,6,9,12-14H2,1-2H3/t18-/m1/s1. The van der Waals surface area contributed by atoms with Gasteiger partial charge in [-0.05, 0) is 49.9 Å². The van der Waals surface area contributed by atoms with Crippen molar-refractivity contribution < 1.29 is 14.6 Å². The Labute approximate surface area is 149 Å². The number of carbonyl (C=O) groups is 1. The molecule has 0 bridgehead atoms. The Hall–Kier alpha value is -2.33. The van der Waals surface area contributed by atoms with Gasteiger partial charge in [-0.2, -0.15) is 0 Å². The highest BCUT2D eigenvalue weighted by Crippen LogP contribution is 2.23. The molecule has 1 saturated heterocycles. The predicted octanol–water partition coefficient (Wildman–Crippen LogP) is 3.83. The Morgan fingerprint density at radius 3 is 2.72 bits per heavy atom. The molecular weight excluding hydrogens is 314 g/mol. The van der Waals surface area contributed by atoms with E-state index in [1.165, 1.54) is 0 Å². The monoisotopic (exact) mass is 339 g/mol. The summed E-state index contributed by atoms with van der Waals surface area (Å²) in [5, 5.41) is 10.1. The summed E-state index contributed by atoms with van der Waals surface area (Å²) in [6.07, 6.45) is 2.07. The van der Waals surface area contributed by atoms with Crippen molar-refractivity contribution in [3.63, 3.8) is 0 Å². The number of hydrogen-bond acceptors (Lipinski definition) is 3. The molecule has 1 atom stereocenters. The fourth-order valence-corrected chi connectivity index (χ4v) is 3.26. The second kappa shape index (κ2) is 7.70. The first-order valence-corrected chi connectivity index (χ1v) is 8.80. The van der Waals surface area contributed by atoms with Crippen LogP contribution in [0.3, 0.4) is 0 Å². The fraction of sp³-hybridized carbons (Fsp3) is 0.381. The van der Waals surface area contributed by atoms with Gasteiger partial charge in [-0.1, -0.05) is 30.3 Å². The molecule has 25 heavy (non-hydrogen) atoms. The van der Waals surface area contributed by atoms with Crippen LogP contribution in [0.2, 0.25) is 0 Å². The van der Waals surface area contributed by atoms with E-state index in [1.807, 2.05) is 44.2 Å². The van der Waals surface area contributed by atoms with Gasteiger partial charge >= 0.3 is 0 Å². The van der Waals surface area contributed by atoms with Gasteiger partial charge in [0, 0.05) is 30.8 Å². The number of ether oxygens (including phenoxy) is 1. The SMILES string of the molecule is Cc1cccc(C(=O)N(Cc2ccccc2O)C[C@H]2CCCO2)c1C. The Balaban J connectivity index is 1.88. The van der Waals surface area contributed by atoms with E-state index in [9.17, 15) is 9.90 Å². The van der Waals surface area contributed by atoms with Crippen molar-refractivity contribution >= 4 is 5.91 Å². The number of hydrogen-bond donors (Lipinski definition) is 1. The molecule has 3 rings (SSSR count). The van der Waals surface area contributed by atoms with Gasteiger partial charge in [-0.25, -0.2) is 0 Å². The van der Waals surface area contributed by atoms with Gasteiger partial charge in [0.05, 0.1) is 6.10 Å². The number of amides is 1. The number of benzene rings is 2. The molecule has 1 amide bonds. The van der Waals surface area contributed by atoms with Crippen LogP contribution in [0.4, 0.5) is 0 Å². The minimum Gasteiger partial charge on any atom is -0.508 e. The van der Waals surface area contributed by atoms with Crippen LogP contribution >= 0.6 is 0 Å². The topological polar surface area (TPSA) is 49.8 Å². The molecule has 0 aromatic heterocycles. The molecule has 1 heterocycles. The van der Waals surface area contributed by atoms with Crippen molar-refractivity contribution in [2.24, 2.45) is 0 Å². The van der Waals surface area contributed by atoms with Crippen molar-refractivity contribution in [2.75, 3.05) is 13.2 Å². The Kier molecular flexibility index (Phi) is 5.39. The third kappa shape index (κ3) is 4.02. The highest BCUT2D eigenvalue weighted by molar-refractivity contribution is 5.96. The number of phenols is 1. The van der Waals surface area contributed by atoms with Crippen molar-refractivity contribution in [1.82, 2.24) is 4.90 Å². The summed E-state index contributed by atoms with van der Waals surface area (Å²) in [5.41, 5.74) is 3.57. The van der Waals surface area contributed by atoms with E-state index in [0.29, 0.717) is 18.7 Å². The van der Waals surface area contributed by atoms with Crippen LogP contribution in [-0.4, -0.2) is 35.2 Å². The van der Waals surface area contributed by atoms with Crippen LogP contribution in [-0.2, 0) is 11.3 Å². The van der Waals surface area contributed by atoms with Gasteiger partial charge in [-0.15, -0.1) is 0 Å². The smallest absolute Gasteiger partial charge is 0.254 e. The quantitative estimate of drug-likeness (QED) is 0.901. The summed E-state index contributed by atoms with van der Waals surface area (Å²) in [6, 6.07) is 13.0. The van der Waals surface area contributed by atoms with E-state index in [1.54, 1.807) is 17.0 Å². The second-order valence-corrected chi connectivity index (χ2v) is 6.70. The van der Waals surface area contributed by atoms with Gasteiger partial charge in [0.2, 0.25) is 0 Å². The second-order valence-electron chi connectivity index (χ2n) is 6.70. The molecule has 2 aromatic carbocycles. The number of phenolic OH excluding ortho intramolecular Hbond substituents is 1. The maximum atomic E-state index is 13.2. The number of nitrogens with zero attached hydrogens (tertiary/aromatic N) is 1. The lowest BCUT2D eigenvalue weighted by Crippen LogP contribution is -2.37. The number of aromatic hydroxyl groups is 1. The predicted molar refractivity (Wildman–Crippen MR) is 97.7 cm³/mol. The van der Waals surface area contributed by atoms with E-state index in [0.717, 1.165) is 36.1 Å². The van der Waals surface area contributed by atoms with Crippen molar-refractivity contribution in [3.05, 3.63) is 64.7 Å². The van der Waals surface area contributed by atoms with E-state index in [-0.39, 0.29) is 17.8 Å². The molecule has 1 N–H and O–H groups in total. The molecule has 4 nitrogen and oxygen atoms in total. The van der Waals surface area contributed by atoms with E-state index in [2.05, 4.69) is 0 Å². The Morgan fingerprint density at radius 1 is 1.20 bits per heavy atom. The van der Waals surface area contributed by atoms with Gasteiger partial charge < -0.3 is 14.7 Å². The van der Waals surface area contributed by atoms with Gasteiger partial charge in [0.1, 0.15) is 5.75 Å². The first-order chi connectivity index (χ1) is 12.1. The average molecular weight is 339 g/mol. The number of aryl methyl sites for hydroxylation is 1. The van der Waals surface area contributed by atoms with E-state index < -0.39 is 0 Å². The first-order valence-electron chi connectivity index (χ1n) is 8.80. The third-order valence-electron chi connectivity index (χ3n) is 4.92. The van der Waals surface area contributed by atoms with Crippen molar-refractivity contribution in [3.8, 4) is 5.75 Å². The maximum absolute atomic E-state index is 13.2. The molecule has 2 aromatic rings. The molecule has 132 valence electrons. The van der Waals surface area contributed by atoms with Gasteiger partial charge in [0.25, 0.3) is 5.91 Å². The van der Waals surface area contributed by atoms with Crippen LogP contribution in [0.15, 0.2) is 42.5 Å². The number of para-hydroxylation sites is 1. The third-order valence-corrected chi connectivity index (χ3v) is 4.92. The van der Waals surface area contributed by atoms with Crippen LogP contribution in [0.5, 0.6) is 5.75 Å². The summed E-state index contributed by atoms with van der Waals surface area (Å²) < 4.78 is 5.73. The molecule has 1 aliphatic rings. The first kappa shape index (κ1) is 17.5. The maximum Gasteiger partial charge on any atom is 0.254 e. The zero-order valence-electron chi connectivity index (χ0n) is 14.9. The number of carbonyl (C=O) groups excluding carboxylic acids is 1. The molecule has 4 heteroatoms. The molecule has 0 saturated carbocycles. The minimum atomic E-state index is -0.0139. The molecule has 0 spiro atoms. The molecular formula is C21H25NO3. The van der Waals surface area contributed by atoms with Crippen LogP contribution in [0.1, 0.15) is 39.9 Å². The molecule has 1 aliphatic heterocycles. The zero-order chi connectivity index (χ0) is 17.8. The van der Waals surface area contributed by atoms with Gasteiger partial charge in [0.15, 0.2) is 0 Å². The highest BCUT2D eigenvalue weighted by Gasteiger charge is 2.25. The fourth-order valence-electron chi connectivity index (χ4n) is 3.26. The molecule has 1 fully saturated rings. The van der Waals surface area contributed by atoms with E-state index >= 15 is 0 Å². The Bertz CT molecular complexity index is 751. The van der Waals surface area contributed by atoms with Gasteiger partial charge in [-0.3, -0.25) is 4.79 Å². The molecule has 0 unspecified atom stereocenters. The largest absolute Gasteiger partial charge is 0.508 e. The summed E-state index contributed by atoms with van der Waals surface area (Å²) >= 11 is 0. The van der Waals surface area contributed by atoms with E-state index in [4.69, 9.17) is 4.74 Å². The zero-order valence-corrected chi connectivity index (χ0v) is 14.9. The summed E-state index contributed by atoms with van der Waals surface area (Å²) in [6.45, 7) is 5.67. The lowest BCUT2D eigenvalue weighted by molar-refractivity contribution is 0.0505. The van der Waals surface area contributed by atoms with Crippen molar-refractivity contribution in [1.29, 1.82) is 0 Å². The normalized spacial score (nSPS) is 16.8. The minimum absolute atomic E-state index is 0.0139. The summed E-state index contributed by atoms with van der Waals surface area (Å²) in [4.78, 5) is 15.0.